The van der Waals surface area contributed by atoms with E-state index in [-0.39, 0.29) is 5.56 Å². The monoisotopic (exact) mass is 245 g/mol. The van der Waals surface area contributed by atoms with Crippen LogP contribution in [0.25, 0.3) is 0 Å². The Morgan fingerprint density at radius 3 is 2.78 bits per heavy atom. The van der Waals surface area contributed by atoms with Gasteiger partial charge in [-0.05, 0) is 25.5 Å². The third-order valence-corrected chi connectivity index (χ3v) is 2.74. The SMILES string of the molecule is CCc1cn(Cc2cccc(C)n2)c(=O)[nH]c1=O. The zero-order chi connectivity index (χ0) is 13.1. The zero-order valence-electron chi connectivity index (χ0n) is 10.4. The van der Waals surface area contributed by atoms with Crippen LogP contribution in [-0.2, 0) is 13.0 Å². The number of H-pyrrole nitrogens is 1. The van der Waals surface area contributed by atoms with Gasteiger partial charge < -0.3 is 0 Å². The van der Waals surface area contributed by atoms with Gasteiger partial charge in [0.05, 0.1) is 12.2 Å². The fraction of sp³-hybridized carbons (Fsp3) is 0.308. The van der Waals surface area contributed by atoms with Crippen LogP contribution in [0.3, 0.4) is 0 Å². The number of nitrogens with one attached hydrogen (secondary N) is 1. The Balaban J connectivity index is 2.40. The molecule has 5 heteroatoms. The molecule has 0 amide bonds. The summed E-state index contributed by atoms with van der Waals surface area (Å²) >= 11 is 0. The van der Waals surface area contributed by atoms with Gasteiger partial charge >= 0.3 is 5.69 Å². The molecule has 0 aromatic carbocycles. The molecule has 5 nitrogen and oxygen atoms in total. The highest BCUT2D eigenvalue weighted by Crippen LogP contribution is 2.00. The molecule has 0 bridgehead atoms. The summed E-state index contributed by atoms with van der Waals surface area (Å²) in [4.78, 5) is 29.8. The second-order valence-corrected chi connectivity index (χ2v) is 4.17. The highest BCUT2D eigenvalue weighted by molar-refractivity contribution is 5.11. The van der Waals surface area contributed by atoms with Crippen LogP contribution in [0.2, 0.25) is 0 Å². The number of aryl methyl sites for hydroxylation is 2. The standard InChI is InChI=1S/C13H15N3O2/c1-3-10-7-16(13(18)15-12(10)17)8-11-6-4-5-9(2)14-11/h4-7H,3,8H2,1-2H3,(H,15,17,18). The summed E-state index contributed by atoms with van der Waals surface area (Å²) in [6.07, 6.45) is 2.20. The first kappa shape index (κ1) is 12.3. The summed E-state index contributed by atoms with van der Waals surface area (Å²) < 4.78 is 1.47. The fourth-order valence-corrected chi connectivity index (χ4v) is 1.79. The van der Waals surface area contributed by atoms with Crippen LogP contribution in [0.1, 0.15) is 23.9 Å². The van der Waals surface area contributed by atoms with Crippen molar-refractivity contribution in [3.8, 4) is 0 Å². The smallest absolute Gasteiger partial charge is 0.294 e. The number of aromatic nitrogens is 3. The first-order valence-corrected chi connectivity index (χ1v) is 5.85. The molecule has 0 atom stereocenters. The first-order valence-electron chi connectivity index (χ1n) is 5.85. The van der Waals surface area contributed by atoms with Gasteiger partial charge in [0.2, 0.25) is 0 Å². The summed E-state index contributed by atoms with van der Waals surface area (Å²) in [5, 5.41) is 0. The van der Waals surface area contributed by atoms with Gasteiger partial charge in [-0.25, -0.2) is 4.79 Å². The number of pyridine rings is 1. The highest BCUT2D eigenvalue weighted by atomic mass is 16.2. The molecule has 0 fully saturated rings. The number of nitrogens with zero attached hydrogens (tertiary/aromatic N) is 2. The quantitative estimate of drug-likeness (QED) is 0.871. The van der Waals surface area contributed by atoms with Gasteiger partial charge in [0.1, 0.15) is 0 Å². The van der Waals surface area contributed by atoms with E-state index < -0.39 is 5.69 Å². The van der Waals surface area contributed by atoms with Crippen LogP contribution >= 0.6 is 0 Å². The van der Waals surface area contributed by atoms with Crippen LogP contribution in [0.15, 0.2) is 34.0 Å². The second-order valence-electron chi connectivity index (χ2n) is 4.17. The molecule has 0 aliphatic heterocycles. The van der Waals surface area contributed by atoms with Crippen LogP contribution < -0.4 is 11.2 Å². The topological polar surface area (TPSA) is 67.8 Å². The summed E-state index contributed by atoms with van der Waals surface area (Å²) in [7, 11) is 0. The summed E-state index contributed by atoms with van der Waals surface area (Å²) in [5.41, 5.74) is 1.59. The molecule has 0 spiro atoms. The largest absolute Gasteiger partial charge is 0.328 e. The minimum atomic E-state index is -0.402. The van der Waals surface area contributed by atoms with E-state index in [1.807, 2.05) is 32.0 Å². The summed E-state index contributed by atoms with van der Waals surface area (Å²) in [5.74, 6) is 0. The van der Waals surface area contributed by atoms with E-state index in [1.54, 1.807) is 6.20 Å². The minimum Gasteiger partial charge on any atom is -0.294 e. The Bertz CT molecular complexity index is 670. The van der Waals surface area contributed by atoms with Gasteiger partial charge in [-0.15, -0.1) is 0 Å². The van der Waals surface area contributed by atoms with E-state index in [1.165, 1.54) is 4.57 Å². The van der Waals surface area contributed by atoms with Crippen molar-refractivity contribution in [1.82, 2.24) is 14.5 Å². The average molecular weight is 245 g/mol. The summed E-state index contributed by atoms with van der Waals surface area (Å²) in [6, 6.07) is 5.65. The van der Waals surface area contributed by atoms with E-state index in [9.17, 15) is 9.59 Å². The predicted molar refractivity (Wildman–Crippen MR) is 68.8 cm³/mol. The molecule has 2 aromatic heterocycles. The molecule has 18 heavy (non-hydrogen) atoms. The van der Waals surface area contributed by atoms with E-state index in [2.05, 4.69) is 9.97 Å². The van der Waals surface area contributed by atoms with Crippen LogP contribution in [0.5, 0.6) is 0 Å². The number of hydrogen-bond acceptors (Lipinski definition) is 3. The van der Waals surface area contributed by atoms with Crippen molar-refractivity contribution in [2.75, 3.05) is 0 Å². The molecule has 0 saturated carbocycles. The van der Waals surface area contributed by atoms with E-state index in [0.29, 0.717) is 18.5 Å². The maximum Gasteiger partial charge on any atom is 0.328 e. The van der Waals surface area contributed by atoms with Crippen molar-refractivity contribution in [2.45, 2.75) is 26.8 Å². The zero-order valence-corrected chi connectivity index (χ0v) is 10.4. The number of rotatable bonds is 3. The van der Waals surface area contributed by atoms with Crippen molar-refractivity contribution in [2.24, 2.45) is 0 Å². The third kappa shape index (κ3) is 2.56. The molecule has 1 N–H and O–H groups in total. The maximum absolute atomic E-state index is 11.7. The Kier molecular flexibility index (Phi) is 3.41. The highest BCUT2D eigenvalue weighted by Gasteiger charge is 2.04. The Hall–Kier alpha value is -2.17. The average Bonchev–Trinajstić information content (AvgIpc) is 2.33. The van der Waals surface area contributed by atoms with Crippen molar-refractivity contribution < 1.29 is 0 Å². The lowest BCUT2D eigenvalue weighted by Crippen LogP contribution is -2.32. The molecule has 94 valence electrons. The Morgan fingerprint density at radius 1 is 1.33 bits per heavy atom. The van der Waals surface area contributed by atoms with E-state index >= 15 is 0 Å². The van der Waals surface area contributed by atoms with E-state index in [4.69, 9.17) is 0 Å². The van der Waals surface area contributed by atoms with Gasteiger partial charge in [0.25, 0.3) is 5.56 Å². The fourth-order valence-electron chi connectivity index (χ4n) is 1.79. The molecule has 0 saturated heterocycles. The lowest BCUT2D eigenvalue weighted by molar-refractivity contribution is 0.692. The first-order chi connectivity index (χ1) is 8.60. The molecule has 2 aromatic rings. The van der Waals surface area contributed by atoms with Crippen molar-refractivity contribution in [3.05, 3.63) is 62.2 Å². The third-order valence-electron chi connectivity index (χ3n) is 2.74. The molecule has 0 aliphatic carbocycles. The lowest BCUT2D eigenvalue weighted by atomic mass is 10.2. The van der Waals surface area contributed by atoms with Gasteiger partial charge in [-0.1, -0.05) is 13.0 Å². The van der Waals surface area contributed by atoms with Gasteiger partial charge in [0.15, 0.2) is 0 Å². The lowest BCUT2D eigenvalue weighted by Gasteiger charge is -2.06. The number of aromatic amines is 1. The maximum atomic E-state index is 11.7. The molecular formula is C13H15N3O2. The Labute approximate surface area is 104 Å². The second kappa shape index (κ2) is 5.00. The van der Waals surface area contributed by atoms with Gasteiger partial charge in [0, 0.05) is 17.5 Å². The predicted octanol–water partition coefficient (Wildman–Crippen LogP) is 0.851. The van der Waals surface area contributed by atoms with Gasteiger partial charge in [-0.3, -0.25) is 19.3 Å². The van der Waals surface area contributed by atoms with Crippen molar-refractivity contribution in [3.63, 3.8) is 0 Å². The molecule has 0 aliphatic rings. The molecule has 0 radical (unpaired) electrons. The number of hydrogen-bond donors (Lipinski definition) is 1. The molecule has 2 heterocycles. The molecule has 2 rings (SSSR count). The Morgan fingerprint density at radius 2 is 2.11 bits per heavy atom. The summed E-state index contributed by atoms with van der Waals surface area (Å²) in [6.45, 7) is 4.14. The van der Waals surface area contributed by atoms with Crippen LogP contribution in [0.4, 0.5) is 0 Å². The molecular weight excluding hydrogens is 230 g/mol. The van der Waals surface area contributed by atoms with Crippen molar-refractivity contribution >= 4 is 0 Å². The van der Waals surface area contributed by atoms with Crippen LogP contribution in [-0.4, -0.2) is 14.5 Å². The van der Waals surface area contributed by atoms with Crippen LogP contribution in [0, 0.1) is 6.92 Å². The molecule has 0 unspecified atom stereocenters. The van der Waals surface area contributed by atoms with Crippen molar-refractivity contribution in [1.29, 1.82) is 0 Å². The van der Waals surface area contributed by atoms with E-state index in [0.717, 1.165) is 11.4 Å². The normalized spacial score (nSPS) is 10.6. The van der Waals surface area contributed by atoms with Gasteiger partial charge in [-0.2, -0.15) is 0 Å². The minimum absolute atomic E-state index is 0.309.